The first-order chi connectivity index (χ1) is 15.8. The van der Waals surface area contributed by atoms with Gasteiger partial charge in [0.25, 0.3) is 0 Å². The van der Waals surface area contributed by atoms with Crippen LogP contribution in [0.2, 0.25) is 0 Å². The predicted molar refractivity (Wildman–Crippen MR) is 133 cm³/mol. The summed E-state index contributed by atoms with van der Waals surface area (Å²) in [6.45, 7) is 14.8. The van der Waals surface area contributed by atoms with Gasteiger partial charge in [0.05, 0.1) is 6.61 Å². The number of hydrogen-bond donors (Lipinski definition) is 0. The smallest absolute Gasteiger partial charge is 0.334 e. The molecule has 2 aromatic carbocycles. The zero-order valence-electron chi connectivity index (χ0n) is 20.6. The Balaban J connectivity index is 2.16. The molecule has 0 amide bonds. The molecule has 0 aliphatic carbocycles. The van der Waals surface area contributed by atoms with Crippen LogP contribution < -0.4 is 0 Å². The van der Waals surface area contributed by atoms with Crippen LogP contribution in [0.4, 0.5) is 0 Å². The third kappa shape index (κ3) is 5.27. The van der Waals surface area contributed by atoms with Crippen molar-refractivity contribution in [2.45, 2.75) is 59.5 Å². The molecule has 0 N–H and O–H groups in total. The van der Waals surface area contributed by atoms with Gasteiger partial charge in [0, 0.05) is 36.0 Å². The molecule has 1 heterocycles. The lowest BCUT2D eigenvalue weighted by Gasteiger charge is -2.50. The van der Waals surface area contributed by atoms with Gasteiger partial charge in [-0.3, -0.25) is 9.69 Å². The number of aryl methyl sites for hydroxylation is 2. The van der Waals surface area contributed by atoms with Crippen molar-refractivity contribution in [3.05, 3.63) is 82.9 Å². The minimum atomic E-state index is -0.374. The van der Waals surface area contributed by atoms with E-state index in [4.69, 9.17) is 4.74 Å². The van der Waals surface area contributed by atoms with Crippen LogP contribution in [-0.2, 0) is 14.3 Å². The molecule has 0 saturated carbocycles. The van der Waals surface area contributed by atoms with Crippen LogP contribution in [0.5, 0.6) is 0 Å². The zero-order chi connectivity index (χ0) is 24.1. The first kappa shape index (κ1) is 24.9. The first-order valence-electron chi connectivity index (χ1n) is 12.1. The molecular weight excluding hydrogens is 410 g/mol. The fourth-order valence-corrected chi connectivity index (χ4v) is 5.16. The van der Waals surface area contributed by atoms with E-state index < -0.39 is 0 Å². The van der Waals surface area contributed by atoms with Gasteiger partial charge in [-0.25, -0.2) is 4.79 Å². The zero-order valence-corrected chi connectivity index (χ0v) is 20.6. The second-order valence-corrected chi connectivity index (χ2v) is 9.14. The summed E-state index contributed by atoms with van der Waals surface area (Å²) in [5.41, 5.74) is 4.98. The molecule has 4 nitrogen and oxygen atoms in total. The molecule has 0 radical (unpaired) electrons. The Labute approximate surface area is 198 Å². The van der Waals surface area contributed by atoms with E-state index in [9.17, 15) is 9.59 Å². The number of rotatable bonds is 8. The highest BCUT2D eigenvalue weighted by molar-refractivity contribution is 5.89. The average Bonchev–Trinajstić information content (AvgIpc) is 2.81. The molecule has 2 aromatic rings. The molecule has 0 aromatic heterocycles. The summed E-state index contributed by atoms with van der Waals surface area (Å²) in [5, 5.41) is 0. The summed E-state index contributed by atoms with van der Waals surface area (Å²) in [6.07, 6.45) is 1.49. The summed E-state index contributed by atoms with van der Waals surface area (Å²) >= 11 is 0. The van der Waals surface area contributed by atoms with Gasteiger partial charge in [0.15, 0.2) is 0 Å². The Kier molecular flexibility index (Phi) is 8.25. The van der Waals surface area contributed by atoms with Crippen molar-refractivity contribution >= 4 is 11.8 Å². The summed E-state index contributed by atoms with van der Waals surface area (Å²) in [4.78, 5) is 28.7. The van der Waals surface area contributed by atoms with Crippen molar-refractivity contribution < 1.29 is 14.3 Å². The number of nitrogens with zero attached hydrogens (tertiary/aromatic N) is 1. The van der Waals surface area contributed by atoms with Crippen LogP contribution >= 0.6 is 0 Å². The average molecular weight is 448 g/mol. The van der Waals surface area contributed by atoms with E-state index in [0.717, 1.165) is 24.0 Å². The van der Waals surface area contributed by atoms with Crippen LogP contribution in [0.3, 0.4) is 0 Å². The summed E-state index contributed by atoms with van der Waals surface area (Å²) in [5.74, 6) is -0.348. The number of esters is 1. The molecular formula is C29H37NO3. The van der Waals surface area contributed by atoms with Gasteiger partial charge in [-0.1, -0.05) is 80.1 Å². The number of benzene rings is 2. The van der Waals surface area contributed by atoms with Crippen LogP contribution in [0, 0.1) is 25.7 Å². The molecule has 3 rings (SSSR count). The lowest BCUT2D eigenvalue weighted by atomic mass is 9.71. The lowest BCUT2D eigenvalue weighted by Crippen LogP contribution is -2.51. The number of ether oxygens (including phenoxy) is 1. The standard InChI is InChI=1S/C29H37NO3/c1-7-24-26(22-14-10-19(4)11-15-22)30(18-21(6)29(32)33-9-3)27(25(8-2)28(24)31)23-16-12-20(5)13-17-23/h10-17,24-27H,6-9,18H2,1-5H3/t24-,25+,26-,27+. The van der Waals surface area contributed by atoms with Crippen LogP contribution in [0.1, 0.15) is 68.0 Å². The number of carbonyl (C=O) groups excluding carboxylic acids is 2. The maximum absolute atomic E-state index is 13.8. The largest absolute Gasteiger partial charge is 0.463 e. The van der Waals surface area contributed by atoms with E-state index in [2.05, 4.69) is 87.7 Å². The van der Waals surface area contributed by atoms with Crippen LogP contribution in [-0.4, -0.2) is 29.8 Å². The number of hydrogen-bond acceptors (Lipinski definition) is 4. The van der Waals surface area contributed by atoms with Crippen molar-refractivity contribution in [2.24, 2.45) is 11.8 Å². The second-order valence-electron chi connectivity index (χ2n) is 9.14. The molecule has 176 valence electrons. The highest BCUT2D eigenvalue weighted by atomic mass is 16.5. The molecule has 1 fully saturated rings. The Morgan fingerprint density at radius 1 is 0.848 bits per heavy atom. The van der Waals surface area contributed by atoms with Gasteiger partial charge in [0.1, 0.15) is 5.78 Å². The number of carbonyl (C=O) groups is 2. The summed E-state index contributed by atoms with van der Waals surface area (Å²) in [6, 6.07) is 16.6. The Hall–Kier alpha value is -2.72. The molecule has 1 aliphatic rings. The van der Waals surface area contributed by atoms with Gasteiger partial charge >= 0.3 is 5.97 Å². The Morgan fingerprint density at radius 3 is 1.64 bits per heavy atom. The van der Waals surface area contributed by atoms with E-state index >= 15 is 0 Å². The molecule has 0 bridgehead atoms. The van der Waals surface area contributed by atoms with Crippen LogP contribution in [0.25, 0.3) is 0 Å². The molecule has 4 atom stereocenters. The lowest BCUT2D eigenvalue weighted by molar-refractivity contribution is -0.141. The summed E-state index contributed by atoms with van der Waals surface area (Å²) in [7, 11) is 0. The fraction of sp³-hybridized carbons (Fsp3) is 0.448. The van der Waals surface area contributed by atoms with Gasteiger partial charge in [-0.2, -0.15) is 0 Å². The molecule has 0 unspecified atom stereocenters. The fourth-order valence-electron chi connectivity index (χ4n) is 5.16. The molecule has 1 aliphatic heterocycles. The van der Waals surface area contributed by atoms with Crippen LogP contribution in [0.15, 0.2) is 60.7 Å². The topological polar surface area (TPSA) is 46.6 Å². The number of likely N-dealkylation sites (tertiary alicyclic amines) is 1. The van der Waals surface area contributed by atoms with Crippen molar-refractivity contribution in [1.82, 2.24) is 4.90 Å². The maximum Gasteiger partial charge on any atom is 0.334 e. The molecule has 0 spiro atoms. The van der Waals surface area contributed by atoms with Gasteiger partial charge in [0.2, 0.25) is 0 Å². The summed E-state index contributed by atoms with van der Waals surface area (Å²) < 4.78 is 5.25. The van der Waals surface area contributed by atoms with Crippen molar-refractivity contribution in [3.63, 3.8) is 0 Å². The van der Waals surface area contributed by atoms with E-state index in [1.165, 1.54) is 11.1 Å². The first-order valence-corrected chi connectivity index (χ1v) is 12.1. The minimum Gasteiger partial charge on any atom is -0.463 e. The molecule has 1 saturated heterocycles. The Morgan fingerprint density at radius 2 is 1.27 bits per heavy atom. The van der Waals surface area contributed by atoms with E-state index in [0.29, 0.717) is 24.5 Å². The molecule has 33 heavy (non-hydrogen) atoms. The SMILES string of the molecule is C=C(CN1[C@H](c2ccc(C)cc2)[C@@H](CC)C(=O)[C@@H](CC)[C@@H]1c1ccc(C)cc1)C(=O)OCC. The monoisotopic (exact) mass is 447 g/mol. The Bertz CT molecular complexity index is 913. The third-order valence-corrected chi connectivity index (χ3v) is 6.86. The molecule has 4 heteroatoms. The number of ketones is 1. The highest BCUT2D eigenvalue weighted by Crippen LogP contribution is 2.48. The number of piperidine rings is 1. The number of Topliss-reactive ketones (excluding diaryl/α,β-unsaturated/α-hetero) is 1. The van der Waals surface area contributed by atoms with Crippen molar-refractivity contribution in [3.8, 4) is 0 Å². The second kappa shape index (κ2) is 10.9. The van der Waals surface area contributed by atoms with Gasteiger partial charge in [-0.15, -0.1) is 0 Å². The van der Waals surface area contributed by atoms with Crippen molar-refractivity contribution in [1.29, 1.82) is 0 Å². The highest BCUT2D eigenvalue weighted by Gasteiger charge is 2.48. The maximum atomic E-state index is 13.8. The van der Waals surface area contributed by atoms with Gasteiger partial charge in [-0.05, 0) is 44.7 Å². The predicted octanol–water partition coefficient (Wildman–Crippen LogP) is 6.14. The minimum absolute atomic E-state index is 0.136. The van der Waals surface area contributed by atoms with Crippen molar-refractivity contribution in [2.75, 3.05) is 13.2 Å². The van der Waals surface area contributed by atoms with E-state index in [1.807, 2.05) is 0 Å². The van der Waals surface area contributed by atoms with E-state index in [1.54, 1.807) is 6.92 Å². The normalized spacial score (nSPS) is 23.4. The quantitative estimate of drug-likeness (QED) is 0.360. The third-order valence-electron chi connectivity index (χ3n) is 6.86. The van der Waals surface area contributed by atoms with E-state index in [-0.39, 0.29) is 29.9 Å². The van der Waals surface area contributed by atoms with Gasteiger partial charge < -0.3 is 4.74 Å².